The van der Waals surface area contributed by atoms with Gasteiger partial charge in [-0.05, 0) is 24.3 Å². The number of ether oxygens (including phenoxy) is 1. The van der Waals surface area contributed by atoms with E-state index in [1.165, 1.54) is 11.6 Å². The molecule has 0 aliphatic heterocycles. The summed E-state index contributed by atoms with van der Waals surface area (Å²) in [4.78, 5) is 34.4. The van der Waals surface area contributed by atoms with Crippen LogP contribution in [0.1, 0.15) is 5.69 Å². The van der Waals surface area contributed by atoms with Gasteiger partial charge in [-0.25, -0.2) is 4.79 Å². The molecule has 0 aliphatic rings. The molecule has 0 fully saturated rings. The Bertz CT molecular complexity index is 1560. The van der Waals surface area contributed by atoms with E-state index in [2.05, 4.69) is 9.97 Å². The minimum atomic E-state index is -0.414. The van der Waals surface area contributed by atoms with Crippen LogP contribution in [0.15, 0.2) is 64.4 Å². The number of aromatic nitrogens is 6. The van der Waals surface area contributed by atoms with Gasteiger partial charge in [0.05, 0.1) is 25.0 Å². The van der Waals surface area contributed by atoms with Crippen LogP contribution in [-0.4, -0.2) is 35.2 Å². The third-order valence-corrected chi connectivity index (χ3v) is 5.47. The number of hydrogen-bond donors (Lipinski definition) is 0. The fourth-order valence-corrected chi connectivity index (χ4v) is 3.84. The number of fused-ring (bicyclic) bond motifs is 3. The monoisotopic (exact) mass is 416 g/mol. The van der Waals surface area contributed by atoms with E-state index in [1.54, 1.807) is 24.8 Å². The maximum Gasteiger partial charge on any atom is 0.332 e. The smallest absolute Gasteiger partial charge is 0.332 e. The summed E-state index contributed by atoms with van der Waals surface area (Å²) in [5, 5.41) is 0. The Kier molecular flexibility index (Phi) is 4.25. The molecule has 0 aliphatic carbocycles. The summed E-state index contributed by atoms with van der Waals surface area (Å²) in [7, 11) is 4.70. The summed E-state index contributed by atoms with van der Waals surface area (Å²) in [6, 6.07) is 13.4. The molecule has 9 nitrogen and oxygen atoms in total. The Morgan fingerprint density at radius 2 is 1.87 bits per heavy atom. The van der Waals surface area contributed by atoms with Gasteiger partial charge in [-0.3, -0.25) is 23.3 Å². The second-order valence-electron chi connectivity index (χ2n) is 7.31. The first-order valence-corrected chi connectivity index (χ1v) is 9.71. The molecule has 5 rings (SSSR count). The largest absolute Gasteiger partial charge is 0.497 e. The number of methoxy groups -OCH3 is 1. The van der Waals surface area contributed by atoms with Crippen molar-refractivity contribution in [3.8, 4) is 17.0 Å². The average Bonchev–Trinajstić information content (AvgIpc) is 3.34. The summed E-state index contributed by atoms with van der Waals surface area (Å²) in [6.45, 7) is 0.446. The van der Waals surface area contributed by atoms with E-state index in [4.69, 9.17) is 4.74 Å². The molecule has 0 saturated carbocycles. The highest BCUT2D eigenvalue weighted by Crippen LogP contribution is 2.28. The predicted molar refractivity (Wildman–Crippen MR) is 116 cm³/mol. The van der Waals surface area contributed by atoms with Crippen LogP contribution in [0.4, 0.5) is 0 Å². The number of nitrogens with zero attached hydrogens (tertiary/aromatic N) is 6. The van der Waals surface area contributed by atoms with Crippen LogP contribution in [0.2, 0.25) is 0 Å². The van der Waals surface area contributed by atoms with E-state index in [0.717, 1.165) is 27.3 Å². The van der Waals surface area contributed by atoms with Gasteiger partial charge >= 0.3 is 5.69 Å². The summed E-state index contributed by atoms with van der Waals surface area (Å²) < 4.78 is 11.6. The molecule has 0 saturated heterocycles. The topological polar surface area (TPSA) is 88.4 Å². The first-order valence-electron chi connectivity index (χ1n) is 9.71. The molecule has 1 aromatic carbocycles. The predicted octanol–water partition coefficient (Wildman–Crippen LogP) is 1.81. The molecule has 0 radical (unpaired) electrons. The Balaban J connectivity index is 1.86. The van der Waals surface area contributed by atoms with E-state index in [-0.39, 0.29) is 0 Å². The molecule has 5 aromatic rings. The van der Waals surface area contributed by atoms with Crippen molar-refractivity contribution >= 4 is 16.9 Å². The lowest BCUT2D eigenvalue weighted by Crippen LogP contribution is -2.37. The van der Waals surface area contributed by atoms with Crippen molar-refractivity contribution in [2.75, 3.05) is 7.11 Å². The van der Waals surface area contributed by atoms with Crippen LogP contribution in [0.25, 0.3) is 28.2 Å². The number of rotatable bonds is 4. The zero-order valence-corrected chi connectivity index (χ0v) is 17.3. The first kappa shape index (κ1) is 18.9. The summed E-state index contributed by atoms with van der Waals surface area (Å²) in [5.74, 6) is 1.28. The quantitative estimate of drug-likeness (QED) is 0.446. The van der Waals surface area contributed by atoms with Gasteiger partial charge in [-0.1, -0.05) is 18.2 Å². The van der Waals surface area contributed by atoms with Crippen molar-refractivity contribution < 1.29 is 4.74 Å². The van der Waals surface area contributed by atoms with Gasteiger partial charge in [0, 0.05) is 32.1 Å². The van der Waals surface area contributed by atoms with Crippen molar-refractivity contribution in [2.45, 2.75) is 6.54 Å². The first-order chi connectivity index (χ1) is 15.0. The second kappa shape index (κ2) is 6.98. The van der Waals surface area contributed by atoms with Crippen LogP contribution < -0.4 is 16.0 Å². The molecule has 9 heteroatoms. The molecule has 4 heterocycles. The van der Waals surface area contributed by atoms with Crippen molar-refractivity contribution in [1.29, 1.82) is 0 Å². The zero-order chi connectivity index (χ0) is 21.7. The molecular formula is C22H20N6O3. The number of imidazole rings is 2. The standard InChI is InChI=1S/C22H20N6O3/c1-25-19-18(20(29)26(2)22(25)30)28-13-17(14-7-6-9-16(11-14)31-3)27(21(28)24-19)12-15-8-4-5-10-23-15/h4-11,13H,12H2,1-3H3. The fourth-order valence-electron chi connectivity index (χ4n) is 3.84. The number of hydrogen-bond acceptors (Lipinski definition) is 5. The second-order valence-corrected chi connectivity index (χ2v) is 7.31. The van der Waals surface area contributed by atoms with E-state index < -0.39 is 11.2 Å². The van der Waals surface area contributed by atoms with Crippen molar-refractivity contribution in [1.82, 2.24) is 28.1 Å². The normalized spacial score (nSPS) is 11.5. The van der Waals surface area contributed by atoms with Gasteiger partial charge in [-0.2, -0.15) is 4.98 Å². The third kappa shape index (κ3) is 2.85. The zero-order valence-electron chi connectivity index (χ0n) is 17.3. The number of aryl methyl sites for hydroxylation is 1. The third-order valence-electron chi connectivity index (χ3n) is 5.47. The van der Waals surface area contributed by atoms with Crippen LogP contribution in [0.5, 0.6) is 5.75 Å². The van der Waals surface area contributed by atoms with Gasteiger partial charge in [0.2, 0.25) is 5.78 Å². The van der Waals surface area contributed by atoms with Crippen molar-refractivity contribution in [3.63, 3.8) is 0 Å². The molecule has 4 aromatic heterocycles. The van der Waals surface area contributed by atoms with E-state index in [9.17, 15) is 9.59 Å². The Morgan fingerprint density at radius 1 is 1.03 bits per heavy atom. The number of pyridine rings is 1. The maximum absolute atomic E-state index is 12.9. The fraction of sp³-hybridized carbons (Fsp3) is 0.182. The molecule has 0 spiro atoms. The molecule has 156 valence electrons. The highest BCUT2D eigenvalue weighted by Gasteiger charge is 2.21. The highest BCUT2D eigenvalue weighted by atomic mass is 16.5. The van der Waals surface area contributed by atoms with Crippen LogP contribution in [0.3, 0.4) is 0 Å². The summed E-state index contributed by atoms with van der Waals surface area (Å²) in [6.07, 6.45) is 3.61. The molecule has 0 N–H and O–H groups in total. The van der Waals surface area contributed by atoms with Crippen LogP contribution in [-0.2, 0) is 20.6 Å². The number of benzene rings is 1. The lowest BCUT2D eigenvalue weighted by Gasteiger charge is -2.10. The minimum Gasteiger partial charge on any atom is -0.497 e. The van der Waals surface area contributed by atoms with E-state index >= 15 is 0 Å². The summed E-state index contributed by atoms with van der Waals surface area (Å²) in [5.41, 5.74) is 2.50. The SMILES string of the molecule is COc1cccc(-c2cn3c4c(=O)n(C)c(=O)n(C)c4nc3n2Cc2ccccn2)c1. The molecule has 0 amide bonds. The van der Waals surface area contributed by atoms with E-state index in [1.807, 2.05) is 53.2 Å². The van der Waals surface area contributed by atoms with E-state index in [0.29, 0.717) is 23.5 Å². The Labute approximate surface area is 176 Å². The van der Waals surface area contributed by atoms with Gasteiger partial charge < -0.3 is 9.30 Å². The molecule has 31 heavy (non-hydrogen) atoms. The molecule has 0 atom stereocenters. The van der Waals surface area contributed by atoms with Gasteiger partial charge in [0.1, 0.15) is 5.75 Å². The lowest BCUT2D eigenvalue weighted by atomic mass is 10.1. The minimum absolute atomic E-state index is 0.343. The Morgan fingerprint density at radius 3 is 2.61 bits per heavy atom. The van der Waals surface area contributed by atoms with Crippen molar-refractivity contribution in [2.24, 2.45) is 14.1 Å². The molecule has 0 unspecified atom stereocenters. The average molecular weight is 416 g/mol. The lowest BCUT2D eigenvalue weighted by molar-refractivity contribution is 0.415. The Hall–Kier alpha value is -4.14. The van der Waals surface area contributed by atoms with Gasteiger partial charge in [-0.15, -0.1) is 0 Å². The van der Waals surface area contributed by atoms with Crippen LogP contribution in [0, 0.1) is 0 Å². The molecular weight excluding hydrogens is 396 g/mol. The van der Waals surface area contributed by atoms with Gasteiger partial charge in [0.15, 0.2) is 11.2 Å². The highest BCUT2D eigenvalue weighted by molar-refractivity contribution is 5.78. The van der Waals surface area contributed by atoms with Crippen molar-refractivity contribution in [3.05, 3.63) is 81.4 Å². The maximum atomic E-state index is 12.9. The molecule has 0 bridgehead atoms. The van der Waals surface area contributed by atoms with Gasteiger partial charge in [0.25, 0.3) is 5.56 Å². The summed E-state index contributed by atoms with van der Waals surface area (Å²) >= 11 is 0. The van der Waals surface area contributed by atoms with Crippen LogP contribution >= 0.6 is 0 Å².